The molecule has 28 heavy (non-hydrogen) atoms. The fourth-order valence-electron chi connectivity index (χ4n) is 3.62. The van der Waals surface area contributed by atoms with Crippen LogP contribution in [0.25, 0.3) is 32.1 Å². The molecule has 5 aromatic rings. The van der Waals surface area contributed by atoms with Gasteiger partial charge >= 0.3 is 0 Å². The highest BCUT2D eigenvalue weighted by Crippen LogP contribution is 2.41. The van der Waals surface area contributed by atoms with Crippen molar-refractivity contribution in [1.82, 2.24) is 9.97 Å². The Bertz CT molecular complexity index is 1310. The van der Waals surface area contributed by atoms with Gasteiger partial charge in [-0.05, 0) is 24.6 Å². The van der Waals surface area contributed by atoms with Gasteiger partial charge in [0.15, 0.2) is 0 Å². The first-order chi connectivity index (χ1) is 13.7. The van der Waals surface area contributed by atoms with Gasteiger partial charge in [0.1, 0.15) is 22.7 Å². The Balaban J connectivity index is 1.72. The lowest BCUT2D eigenvalue weighted by atomic mass is 10.0. The maximum absolute atomic E-state index is 10.2. The van der Waals surface area contributed by atoms with Crippen LogP contribution in [-0.2, 0) is 0 Å². The summed E-state index contributed by atoms with van der Waals surface area (Å²) in [5.41, 5.74) is 3.21. The molecule has 0 saturated heterocycles. The molecule has 2 heterocycles. The number of anilines is 2. The summed E-state index contributed by atoms with van der Waals surface area (Å²) in [6.45, 7) is 2.12. The molecule has 0 radical (unpaired) electrons. The van der Waals surface area contributed by atoms with Crippen LogP contribution in [0.3, 0.4) is 0 Å². The minimum atomic E-state index is 0.269. The molecule has 0 spiro atoms. The van der Waals surface area contributed by atoms with Gasteiger partial charge in [0.25, 0.3) is 0 Å². The molecule has 0 amide bonds. The second-order valence-corrected chi connectivity index (χ2v) is 7.81. The zero-order valence-corrected chi connectivity index (χ0v) is 16.0. The molecule has 136 valence electrons. The summed E-state index contributed by atoms with van der Waals surface area (Å²) in [5.74, 6) is 1.04. The lowest BCUT2D eigenvalue weighted by molar-refractivity contribution is 0.481. The lowest BCUT2D eigenvalue weighted by Crippen LogP contribution is -1.96. The van der Waals surface area contributed by atoms with Gasteiger partial charge in [-0.3, -0.25) is 0 Å². The van der Waals surface area contributed by atoms with Crippen LogP contribution in [0, 0.1) is 6.92 Å². The van der Waals surface area contributed by atoms with Crippen LogP contribution in [0.5, 0.6) is 5.75 Å². The van der Waals surface area contributed by atoms with Gasteiger partial charge in [0, 0.05) is 26.9 Å². The number of rotatable bonds is 3. The first-order valence-corrected chi connectivity index (χ1v) is 9.81. The van der Waals surface area contributed by atoms with Crippen LogP contribution < -0.4 is 5.32 Å². The van der Waals surface area contributed by atoms with Crippen molar-refractivity contribution < 1.29 is 5.11 Å². The molecule has 2 N–H and O–H groups in total. The molecule has 2 aromatic heterocycles. The topological polar surface area (TPSA) is 58.0 Å². The van der Waals surface area contributed by atoms with E-state index in [2.05, 4.69) is 34.3 Å². The highest BCUT2D eigenvalue weighted by Gasteiger charge is 2.17. The molecule has 0 saturated carbocycles. The Labute approximate surface area is 166 Å². The number of nitrogens with one attached hydrogen (secondary N) is 1. The van der Waals surface area contributed by atoms with E-state index in [1.54, 1.807) is 23.7 Å². The van der Waals surface area contributed by atoms with Crippen molar-refractivity contribution in [2.75, 3.05) is 5.32 Å². The van der Waals surface area contributed by atoms with Crippen molar-refractivity contribution >= 4 is 43.8 Å². The van der Waals surface area contributed by atoms with E-state index in [9.17, 15) is 5.11 Å². The monoisotopic (exact) mass is 383 g/mol. The number of fused-ring (bicyclic) bond motifs is 2. The minimum absolute atomic E-state index is 0.269. The molecular formula is C23H17N3OS. The van der Waals surface area contributed by atoms with Crippen LogP contribution in [0.1, 0.15) is 4.88 Å². The van der Waals surface area contributed by atoms with E-state index < -0.39 is 0 Å². The predicted molar refractivity (Wildman–Crippen MR) is 116 cm³/mol. The van der Waals surface area contributed by atoms with Gasteiger partial charge < -0.3 is 10.4 Å². The Morgan fingerprint density at radius 3 is 2.50 bits per heavy atom. The van der Waals surface area contributed by atoms with Crippen molar-refractivity contribution in [2.45, 2.75) is 6.92 Å². The van der Waals surface area contributed by atoms with Crippen LogP contribution in [0.15, 0.2) is 73.1 Å². The fraction of sp³-hybridized carbons (Fsp3) is 0.0435. The number of aromatic nitrogens is 2. The third-order valence-electron chi connectivity index (χ3n) is 4.88. The molecule has 5 rings (SSSR count). The normalized spacial score (nSPS) is 11.2. The largest absolute Gasteiger partial charge is 0.507 e. The van der Waals surface area contributed by atoms with Gasteiger partial charge in [-0.15, -0.1) is 11.3 Å². The van der Waals surface area contributed by atoms with Gasteiger partial charge in [-0.25, -0.2) is 9.97 Å². The summed E-state index contributed by atoms with van der Waals surface area (Å²) in [6.07, 6.45) is 1.60. The SMILES string of the molecule is Cc1sc2ncnc(Nc3cccc4c(O)cccc34)c2c1-c1ccccc1. The highest BCUT2D eigenvalue weighted by molar-refractivity contribution is 7.19. The standard InChI is InChI=1S/C23H17N3OS/c1-14-20(15-7-3-2-4-8-15)21-22(24-13-25-23(21)28-14)26-18-11-5-10-17-16(18)9-6-12-19(17)27/h2-13,27H,1H3,(H,24,25,26). The van der Waals surface area contributed by atoms with Crippen LogP contribution in [0.2, 0.25) is 0 Å². The minimum Gasteiger partial charge on any atom is -0.507 e. The van der Waals surface area contributed by atoms with E-state index in [4.69, 9.17) is 0 Å². The van der Waals surface area contributed by atoms with Gasteiger partial charge in [-0.1, -0.05) is 54.6 Å². The van der Waals surface area contributed by atoms with Crippen molar-refractivity contribution in [1.29, 1.82) is 0 Å². The highest BCUT2D eigenvalue weighted by atomic mass is 32.1. The quantitative estimate of drug-likeness (QED) is 0.385. The van der Waals surface area contributed by atoms with E-state index in [0.717, 1.165) is 43.6 Å². The zero-order valence-electron chi connectivity index (χ0n) is 15.2. The third-order valence-corrected chi connectivity index (χ3v) is 5.89. The molecule has 0 fully saturated rings. The van der Waals surface area contributed by atoms with Crippen molar-refractivity contribution in [3.8, 4) is 16.9 Å². The molecule has 5 heteroatoms. The van der Waals surface area contributed by atoms with Crippen LogP contribution in [0.4, 0.5) is 11.5 Å². The van der Waals surface area contributed by atoms with Crippen molar-refractivity contribution in [2.24, 2.45) is 0 Å². The number of hydrogen-bond acceptors (Lipinski definition) is 5. The Morgan fingerprint density at radius 1 is 0.857 bits per heavy atom. The molecular weight excluding hydrogens is 366 g/mol. The summed E-state index contributed by atoms with van der Waals surface area (Å²) in [6, 6.07) is 21.7. The molecule has 0 aliphatic heterocycles. The van der Waals surface area contributed by atoms with E-state index in [1.165, 1.54) is 4.88 Å². The average Bonchev–Trinajstić information content (AvgIpc) is 3.06. The Kier molecular flexibility index (Phi) is 3.95. The van der Waals surface area contributed by atoms with Gasteiger partial charge in [0.2, 0.25) is 0 Å². The number of aromatic hydroxyl groups is 1. The Hall–Kier alpha value is -3.44. The summed E-state index contributed by atoms with van der Waals surface area (Å²) in [4.78, 5) is 11.2. The number of phenols is 1. The maximum Gasteiger partial charge on any atom is 0.143 e. The second kappa shape index (κ2) is 6.62. The molecule has 4 nitrogen and oxygen atoms in total. The third kappa shape index (κ3) is 2.68. The molecule has 0 bridgehead atoms. The second-order valence-electron chi connectivity index (χ2n) is 6.60. The zero-order chi connectivity index (χ0) is 19.1. The lowest BCUT2D eigenvalue weighted by Gasteiger charge is -2.12. The molecule has 0 unspecified atom stereocenters. The number of phenolic OH excluding ortho intramolecular Hbond substituents is 1. The molecule has 3 aromatic carbocycles. The van der Waals surface area contributed by atoms with E-state index >= 15 is 0 Å². The van der Waals surface area contributed by atoms with E-state index in [1.807, 2.05) is 48.5 Å². The van der Waals surface area contributed by atoms with Gasteiger partial charge in [-0.2, -0.15) is 0 Å². The van der Waals surface area contributed by atoms with E-state index in [-0.39, 0.29) is 5.75 Å². The number of benzene rings is 3. The van der Waals surface area contributed by atoms with E-state index in [0.29, 0.717) is 0 Å². The first-order valence-electron chi connectivity index (χ1n) is 8.99. The number of hydrogen-bond donors (Lipinski definition) is 2. The summed E-state index contributed by atoms with van der Waals surface area (Å²) in [5, 5.41) is 16.4. The average molecular weight is 383 g/mol. The summed E-state index contributed by atoms with van der Waals surface area (Å²) in [7, 11) is 0. The van der Waals surface area contributed by atoms with Crippen molar-refractivity contribution in [3.63, 3.8) is 0 Å². The van der Waals surface area contributed by atoms with Crippen LogP contribution >= 0.6 is 11.3 Å². The number of aryl methyl sites for hydroxylation is 1. The van der Waals surface area contributed by atoms with Gasteiger partial charge in [0.05, 0.1) is 5.39 Å². The summed E-state index contributed by atoms with van der Waals surface area (Å²) >= 11 is 1.67. The molecule has 0 aliphatic rings. The maximum atomic E-state index is 10.2. The van der Waals surface area contributed by atoms with Crippen LogP contribution in [-0.4, -0.2) is 15.1 Å². The smallest absolute Gasteiger partial charge is 0.143 e. The Morgan fingerprint density at radius 2 is 1.64 bits per heavy atom. The van der Waals surface area contributed by atoms with Crippen molar-refractivity contribution in [3.05, 3.63) is 77.9 Å². The summed E-state index contributed by atoms with van der Waals surface area (Å²) < 4.78 is 0. The fourth-order valence-corrected chi connectivity index (χ4v) is 4.63. The molecule has 0 aliphatic carbocycles. The predicted octanol–water partition coefficient (Wildman–Crippen LogP) is 6.27. The number of nitrogens with zero attached hydrogens (tertiary/aromatic N) is 2. The first kappa shape index (κ1) is 16.7. The molecule has 0 atom stereocenters. The number of thiophene rings is 1.